The van der Waals surface area contributed by atoms with E-state index in [9.17, 15) is 4.79 Å². The van der Waals surface area contributed by atoms with Crippen LogP contribution in [0.4, 0.5) is 0 Å². The van der Waals surface area contributed by atoms with E-state index in [2.05, 4.69) is 29.4 Å². The lowest BCUT2D eigenvalue weighted by molar-refractivity contribution is -0.140. The second-order valence-corrected chi connectivity index (χ2v) is 6.67. The molecule has 1 aromatic carbocycles. The van der Waals surface area contributed by atoms with Crippen LogP contribution in [0.1, 0.15) is 18.9 Å². The molecule has 2 fully saturated rings. The van der Waals surface area contributed by atoms with Crippen LogP contribution in [0.2, 0.25) is 0 Å². The molecule has 23 heavy (non-hydrogen) atoms. The number of aromatic amines is 1. The van der Waals surface area contributed by atoms with Crippen LogP contribution in [0.5, 0.6) is 0 Å². The Morgan fingerprint density at radius 3 is 3.04 bits per heavy atom. The molecule has 1 N–H and O–H groups in total. The molecule has 1 aromatic heterocycles. The minimum absolute atomic E-state index is 0.0169. The molecule has 1 amide bonds. The Morgan fingerprint density at radius 1 is 1.35 bits per heavy atom. The minimum atomic E-state index is -0.0200. The van der Waals surface area contributed by atoms with E-state index in [-0.39, 0.29) is 24.0 Å². The number of piperidine rings is 1. The fraction of sp³-hybridized carbons (Fsp3) is 0.500. The van der Waals surface area contributed by atoms with E-state index >= 15 is 0 Å². The molecule has 2 aromatic rings. The van der Waals surface area contributed by atoms with Crippen LogP contribution in [0.3, 0.4) is 0 Å². The van der Waals surface area contributed by atoms with Crippen molar-refractivity contribution < 1.29 is 9.63 Å². The van der Waals surface area contributed by atoms with Crippen molar-refractivity contribution in [1.29, 1.82) is 0 Å². The highest BCUT2D eigenvalue weighted by Gasteiger charge is 2.47. The van der Waals surface area contributed by atoms with Crippen LogP contribution in [0.25, 0.3) is 10.9 Å². The minimum Gasteiger partial charge on any atom is -0.361 e. The zero-order valence-electron chi connectivity index (χ0n) is 13.7. The zero-order valence-corrected chi connectivity index (χ0v) is 13.7. The third-order valence-electron chi connectivity index (χ3n) is 5.34. The molecule has 2 saturated heterocycles. The number of rotatable bonds is 3. The summed E-state index contributed by atoms with van der Waals surface area (Å²) in [6.45, 7) is 3.60. The molecule has 0 aliphatic carbocycles. The SMILES string of the molecule is CC1ON(C)[C@H]2CCN(CCc3c[nH]c4ccccc34)C(=O)[C@@H]12. The summed E-state index contributed by atoms with van der Waals surface area (Å²) in [5, 5.41) is 3.14. The number of carbonyl (C=O) groups excluding carboxylic acids is 1. The number of hydrogen-bond acceptors (Lipinski definition) is 3. The predicted octanol–water partition coefficient (Wildman–Crippen LogP) is 2.19. The van der Waals surface area contributed by atoms with Gasteiger partial charge in [0.05, 0.1) is 18.1 Å². The number of likely N-dealkylation sites (tertiary alicyclic amines) is 1. The summed E-state index contributed by atoms with van der Waals surface area (Å²) in [6.07, 6.45) is 3.92. The number of aromatic nitrogens is 1. The lowest BCUT2D eigenvalue weighted by Crippen LogP contribution is -2.51. The van der Waals surface area contributed by atoms with Crippen molar-refractivity contribution in [2.45, 2.75) is 31.9 Å². The van der Waals surface area contributed by atoms with E-state index in [0.717, 1.165) is 31.4 Å². The van der Waals surface area contributed by atoms with Gasteiger partial charge in [-0.3, -0.25) is 9.63 Å². The number of para-hydroxylation sites is 1. The summed E-state index contributed by atoms with van der Waals surface area (Å²) in [5.41, 5.74) is 2.44. The molecule has 4 rings (SSSR count). The largest absolute Gasteiger partial charge is 0.361 e. The number of nitrogens with one attached hydrogen (secondary N) is 1. The average Bonchev–Trinajstić information content (AvgIpc) is 3.08. The fourth-order valence-corrected chi connectivity index (χ4v) is 4.10. The monoisotopic (exact) mass is 313 g/mol. The summed E-state index contributed by atoms with van der Waals surface area (Å²) in [5.74, 6) is 0.231. The van der Waals surface area contributed by atoms with Crippen LogP contribution in [0.15, 0.2) is 30.5 Å². The number of nitrogens with zero attached hydrogens (tertiary/aromatic N) is 2. The van der Waals surface area contributed by atoms with Gasteiger partial charge in [-0.1, -0.05) is 18.2 Å². The highest BCUT2D eigenvalue weighted by molar-refractivity contribution is 5.83. The molecule has 5 nitrogen and oxygen atoms in total. The van der Waals surface area contributed by atoms with Gasteiger partial charge in [0.2, 0.25) is 5.91 Å². The topological polar surface area (TPSA) is 48.6 Å². The Labute approximate surface area is 136 Å². The Kier molecular flexibility index (Phi) is 3.62. The fourth-order valence-electron chi connectivity index (χ4n) is 4.10. The van der Waals surface area contributed by atoms with Crippen molar-refractivity contribution >= 4 is 16.8 Å². The summed E-state index contributed by atoms with van der Waals surface area (Å²) in [4.78, 5) is 23.8. The molecule has 2 aliphatic heterocycles. The smallest absolute Gasteiger partial charge is 0.230 e. The first-order valence-corrected chi connectivity index (χ1v) is 8.38. The molecular weight excluding hydrogens is 290 g/mol. The van der Waals surface area contributed by atoms with E-state index < -0.39 is 0 Å². The highest BCUT2D eigenvalue weighted by atomic mass is 16.7. The molecule has 122 valence electrons. The first-order chi connectivity index (χ1) is 11.1. The molecule has 0 spiro atoms. The predicted molar refractivity (Wildman–Crippen MR) is 88.8 cm³/mol. The van der Waals surface area contributed by atoms with Crippen LogP contribution >= 0.6 is 0 Å². The molecular formula is C18H23N3O2. The average molecular weight is 313 g/mol. The van der Waals surface area contributed by atoms with Crippen molar-refractivity contribution in [3.8, 4) is 0 Å². The van der Waals surface area contributed by atoms with E-state index in [0.29, 0.717) is 0 Å². The van der Waals surface area contributed by atoms with Gasteiger partial charge >= 0.3 is 0 Å². The van der Waals surface area contributed by atoms with Gasteiger partial charge in [-0.2, -0.15) is 5.06 Å². The molecule has 2 aliphatic rings. The Hall–Kier alpha value is -1.85. The number of fused-ring (bicyclic) bond motifs is 2. The van der Waals surface area contributed by atoms with Gasteiger partial charge < -0.3 is 9.88 Å². The van der Waals surface area contributed by atoms with Crippen molar-refractivity contribution in [2.75, 3.05) is 20.1 Å². The van der Waals surface area contributed by atoms with E-state index in [4.69, 9.17) is 4.84 Å². The number of hydroxylamine groups is 2. The van der Waals surface area contributed by atoms with Crippen LogP contribution in [0, 0.1) is 5.92 Å². The van der Waals surface area contributed by atoms with Gasteiger partial charge in [0.25, 0.3) is 0 Å². The molecule has 1 unspecified atom stereocenters. The van der Waals surface area contributed by atoms with Crippen LogP contribution in [-0.4, -0.2) is 53.1 Å². The second kappa shape index (κ2) is 5.65. The lowest BCUT2D eigenvalue weighted by atomic mass is 9.88. The van der Waals surface area contributed by atoms with Crippen molar-refractivity contribution in [3.63, 3.8) is 0 Å². The maximum absolute atomic E-state index is 12.8. The van der Waals surface area contributed by atoms with E-state index in [1.807, 2.05) is 30.0 Å². The van der Waals surface area contributed by atoms with Crippen molar-refractivity contribution in [3.05, 3.63) is 36.0 Å². The Balaban J connectivity index is 1.46. The quantitative estimate of drug-likeness (QED) is 0.945. The first-order valence-electron chi connectivity index (χ1n) is 8.38. The van der Waals surface area contributed by atoms with Crippen LogP contribution in [-0.2, 0) is 16.1 Å². The zero-order chi connectivity index (χ0) is 16.0. The van der Waals surface area contributed by atoms with E-state index in [1.165, 1.54) is 10.9 Å². The number of H-pyrrole nitrogens is 1. The van der Waals surface area contributed by atoms with Gasteiger partial charge in [0.1, 0.15) is 0 Å². The summed E-state index contributed by atoms with van der Waals surface area (Å²) in [6, 6.07) is 8.56. The molecule has 0 radical (unpaired) electrons. The van der Waals surface area contributed by atoms with Crippen LogP contribution < -0.4 is 0 Å². The Morgan fingerprint density at radius 2 is 2.17 bits per heavy atom. The molecule has 3 heterocycles. The third-order valence-corrected chi connectivity index (χ3v) is 5.34. The molecule has 3 atom stereocenters. The lowest BCUT2D eigenvalue weighted by Gasteiger charge is -2.35. The maximum atomic E-state index is 12.8. The highest BCUT2D eigenvalue weighted by Crippen LogP contribution is 2.33. The molecule has 5 heteroatoms. The van der Waals surface area contributed by atoms with Crippen molar-refractivity contribution in [1.82, 2.24) is 14.9 Å². The first kappa shape index (κ1) is 14.7. The van der Waals surface area contributed by atoms with Gasteiger partial charge in [-0.05, 0) is 31.4 Å². The normalized spacial score (nSPS) is 28.5. The van der Waals surface area contributed by atoms with E-state index in [1.54, 1.807) is 0 Å². The second-order valence-electron chi connectivity index (χ2n) is 6.67. The molecule has 0 bridgehead atoms. The third kappa shape index (κ3) is 2.44. The van der Waals surface area contributed by atoms with Crippen molar-refractivity contribution in [2.24, 2.45) is 5.92 Å². The van der Waals surface area contributed by atoms with Gasteiger partial charge in [0.15, 0.2) is 0 Å². The maximum Gasteiger partial charge on any atom is 0.230 e. The summed E-state index contributed by atoms with van der Waals surface area (Å²) in [7, 11) is 1.94. The number of carbonyl (C=O) groups is 1. The number of hydrogen-bond donors (Lipinski definition) is 1. The van der Waals surface area contributed by atoms with Gasteiger partial charge in [0, 0.05) is 37.2 Å². The summed E-state index contributed by atoms with van der Waals surface area (Å²) >= 11 is 0. The molecule has 0 saturated carbocycles. The standard InChI is InChI=1S/C18H23N3O2/c1-12-17-16(20(2)23-12)8-10-21(18(17)22)9-7-13-11-19-15-6-4-3-5-14(13)15/h3-6,11-12,16-17,19H,7-10H2,1-2H3/t12?,16-,17-/m0/s1. The number of amides is 1. The van der Waals surface area contributed by atoms with Gasteiger partial charge in [-0.15, -0.1) is 0 Å². The Bertz CT molecular complexity index is 726. The number of benzene rings is 1. The summed E-state index contributed by atoms with van der Waals surface area (Å²) < 4.78 is 0. The van der Waals surface area contributed by atoms with Gasteiger partial charge in [-0.25, -0.2) is 0 Å².